The van der Waals surface area contributed by atoms with Crippen LogP contribution in [0.2, 0.25) is 0 Å². The molecule has 0 N–H and O–H groups in total. The van der Waals surface area contributed by atoms with Crippen molar-refractivity contribution in [1.29, 1.82) is 0 Å². The molecule has 0 spiro atoms. The fourth-order valence-corrected chi connectivity index (χ4v) is 3.37. The van der Waals surface area contributed by atoms with Gasteiger partial charge in [-0.2, -0.15) is 0 Å². The fourth-order valence-electron chi connectivity index (χ4n) is 2.30. The van der Waals surface area contributed by atoms with Crippen molar-refractivity contribution in [2.24, 2.45) is 0 Å². The third-order valence-electron chi connectivity index (χ3n) is 3.37. The van der Waals surface area contributed by atoms with Crippen LogP contribution in [0.1, 0.15) is 15.2 Å². The van der Waals surface area contributed by atoms with Gasteiger partial charge in [0.2, 0.25) is 0 Å². The molecule has 22 heavy (non-hydrogen) atoms. The number of amides is 1. The zero-order chi connectivity index (χ0) is 15.7. The number of thiophene rings is 1. The van der Waals surface area contributed by atoms with Crippen molar-refractivity contribution in [2.75, 3.05) is 7.05 Å². The van der Waals surface area contributed by atoms with Crippen LogP contribution in [0.5, 0.6) is 0 Å². The van der Waals surface area contributed by atoms with Crippen molar-refractivity contribution in [1.82, 2.24) is 4.90 Å². The summed E-state index contributed by atoms with van der Waals surface area (Å²) >= 11 is 1.26. The number of halogens is 2. The molecule has 3 aromatic rings. The molecular weight excluding hydrogens is 304 g/mol. The predicted molar refractivity (Wildman–Crippen MR) is 84.0 cm³/mol. The Morgan fingerprint density at radius 3 is 2.64 bits per heavy atom. The van der Waals surface area contributed by atoms with Gasteiger partial charge in [0, 0.05) is 23.7 Å². The molecule has 2 aromatic carbocycles. The van der Waals surface area contributed by atoms with Crippen molar-refractivity contribution in [3.63, 3.8) is 0 Å². The summed E-state index contributed by atoms with van der Waals surface area (Å²) < 4.78 is 27.6. The summed E-state index contributed by atoms with van der Waals surface area (Å²) in [6, 6.07) is 12.5. The van der Waals surface area contributed by atoms with Gasteiger partial charge in [-0.25, -0.2) is 8.78 Å². The highest BCUT2D eigenvalue weighted by atomic mass is 32.1. The molecule has 0 saturated heterocycles. The lowest BCUT2D eigenvalue weighted by molar-refractivity contribution is 0.0790. The maximum Gasteiger partial charge on any atom is 0.264 e. The van der Waals surface area contributed by atoms with Crippen LogP contribution in [0.3, 0.4) is 0 Å². The summed E-state index contributed by atoms with van der Waals surface area (Å²) in [4.78, 5) is 14.4. The summed E-state index contributed by atoms with van der Waals surface area (Å²) in [5.74, 6) is -0.868. The molecule has 0 bridgehead atoms. The van der Waals surface area contributed by atoms with E-state index in [0.717, 1.165) is 4.70 Å². The van der Waals surface area contributed by atoms with Crippen LogP contribution in [-0.2, 0) is 6.54 Å². The lowest BCUT2D eigenvalue weighted by atomic mass is 10.2. The van der Waals surface area contributed by atoms with Gasteiger partial charge in [0.05, 0.1) is 4.88 Å². The Kier molecular flexibility index (Phi) is 3.90. The number of hydrogen-bond donors (Lipinski definition) is 0. The molecule has 0 aliphatic rings. The zero-order valence-electron chi connectivity index (χ0n) is 11.8. The molecule has 3 rings (SSSR count). The Balaban J connectivity index is 1.84. The smallest absolute Gasteiger partial charge is 0.264 e. The van der Waals surface area contributed by atoms with Crippen LogP contribution < -0.4 is 0 Å². The number of rotatable bonds is 3. The average Bonchev–Trinajstić information content (AvgIpc) is 2.92. The minimum atomic E-state index is -0.333. The van der Waals surface area contributed by atoms with E-state index >= 15 is 0 Å². The highest BCUT2D eigenvalue weighted by Crippen LogP contribution is 2.28. The van der Waals surface area contributed by atoms with Gasteiger partial charge in [0.25, 0.3) is 5.91 Å². The van der Waals surface area contributed by atoms with Crippen molar-refractivity contribution >= 4 is 27.3 Å². The Labute approximate surface area is 130 Å². The van der Waals surface area contributed by atoms with E-state index < -0.39 is 0 Å². The quantitative estimate of drug-likeness (QED) is 0.699. The van der Waals surface area contributed by atoms with E-state index in [9.17, 15) is 13.6 Å². The molecule has 5 heteroatoms. The van der Waals surface area contributed by atoms with Crippen LogP contribution in [0.4, 0.5) is 8.78 Å². The first-order chi connectivity index (χ1) is 10.5. The van der Waals surface area contributed by atoms with Crippen LogP contribution in [0.25, 0.3) is 10.1 Å². The molecule has 1 heterocycles. The van der Waals surface area contributed by atoms with Gasteiger partial charge in [0.15, 0.2) is 0 Å². The van der Waals surface area contributed by atoms with Gasteiger partial charge in [-0.05, 0) is 35.9 Å². The first kappa shape index (κ1) is 14.7. The van der Waals surface area contributed by atoms with E-state index in [-0.39, 0.29) is 17.5 Å². The molecule has 0 atom stereocenters. The summed E-state index contributed by atoms with van der Waals surface area (Å²) in [6.45, 7) is 0.299. The normalized spacial score (nSPS) is 10.9. The Morgan fingerprint density at radius 1 is 1.14 bits per heavy atom. The highest BCUT2D eigenvalue weighted by molar-refractivity contribution is 7.20. The summed E-state index contributed by atoms with van der Waals surface area (Å²) in [5, 5.41) is 0.454. The molecular formula is C17H13F2NOS. The van der Waals surface area contributed by atoms with Crippen molar-refractivity contribution in [2.45, 2.75) is 6.54 Å². The summed E-state index contributed by atoms with van der Waals surface area (Å²) in [5.41, 5.74) is 0.711. The molecule has 0 fully saturated rings. The van der Waals surface area contributed by atoms with Gasteiger partial charge in [0.1, 0.15) is 11.6 Å². The minimum absolute atomic E-state index is 0.204. The van der Waals surface area contributed by atoms with E-state index in [1.807, 2.05) is 0 Å². The monoisotopic (exact) mass is 317 g/mol. The average molecular weight is 317 g/mol. The topological polar surface area (TPSA) is 20.3 Å². The fraction of sp³-hybridized carbons (Fsp3) is 0.118. The van der Waals surface area contributed by atoms with E-state index in [2.05, 4.69) is 0 Å². The standard InChI is InChI=1S/C17H13F2NOS/c1-20(10-11-4-2-5-12(18)8-11)17(21)16-9-13-14(19)6-3-7-15(13)22-16/h2-9H,10H2,1H3. The molecule has 0 radical (unpaired) electrons. The van der Waals surface area contributed by atoms with Crippen LogP contribution >= 0.6 is 11.3 Å². The molecule has 0 aliphatic heterocycles. The number of carbonyl (C=O) groups is 1. The van der Waals surface area contributed by atoms with Gasteiger partial charge < -0.3 is 4.90 Å². The van der Waals surface area contributed by atoms with E-state index in [4.69, 9.17) is 0 Å². The van der Waals surface area contributed by atoms with Crippen LogP contribution in [-0.4, -0.2) is 17.9 Å². The SMILES string of the molecule is CN(Cc1cccc(F)c1)C(=O)c1cc2c(F)cccc2s1. The van der Waals surface area contributed by atoms with E-state index in [1.165, 1.54) is 34.4 Å². The molecule has 1 amide bonds. The van der Waals surface area contributed by atoms with E-state index in [0.29, 0.717) is 22.4 Å². The number of benzene rings is 2. The molecule has 2 nitrogen and oxygen atoms in total. The van der Waals surface area contributed by atoms with Gasteiger partial charge >= 0.3 is 0 Å². The molecule has 0 saturated carbocycles. The number of fused-ring (bicyclic) bond motifs is 1. The Morgan fingerprint density at radius 2 is 1.91 bits per heavy atom. The second kappa shape index (κ2) is 5.85. The predicted octanol–water partition coefficient (Wildman–Crippen LogP) is 4.45. The number of nitrogens with zero attached hydrogens (tertiary/aromatic N) is 1. The minimum Gasteiger partial charge on any atom is -0.337 e. The van der Waals surface area contributed by atoms with Gasteiger partial charge in [-0.1, -0.05) is 18.2 Å². The van der Waals surface area contributed by atoms with Gasteiger partial charge in [-0.15, -0.1) is 11.3 Å². The van der Waals surface area contributed by atoms with Crippen molar-refractivity contribution in [3.05, 3.63) is 70.6 Å². The van der Waals surface area contributed by atoms with Gasteiger partial charge in [-0.3, -0.25) is 4.79 Å². The van der Waals surface area contributed by atoms with Crippen LogP contribution in [0.15, 0.2) is 48.5 Å². The van der Waals surface area contributed by atoms with Crippen LogP contribution in [0, 0.1) is 11.6 Å². The Hall–Kier alpha value is -2.27. The zero-order valence-corrected chi connectivity index (χ0v) is 12.7. The maximum absolute atomic E-state index is 13.7. The van der Waals surface area contributed by atoms with Crippen molar-refractivity contribution in [3.8, 4) is 0 Å². The summed E-state index contributed by atoms with van der Waals surface area (Å²) in [6.07, 6.45) is 0. The second-order valence-corrected chi connectivity index (χ2v) is 6.14. The first-order valence-electron chi connectivity index (χ1n) is 6.72. The first-order valence-corrected chi connectivity index (χ1v) is 7.54. The van der Waals surface area contributed by atoms with E-state index in [1.54, 1.807) is 37.4 Å². The number of hydrogen-bond acceptors (Lipinski definition) is 2. The number of carbonyl (C=O) groups excluding carboxylic acids is 1. The molecule has 112 valence electrons. The largest absolute Gasteiger partial charge is 0.337 e. The lowest BCUT2D eigenvalue weighted by Crippen LogP contribution is -2.25. The Bertz CT molecular complexity index is 844. The summed E-state index contributed by atoms with van der Waals surface area (Å²) in [7, 11) is 1.65. The molecule has 1 aromatic heterocycles. The highest BCUT2D eigenvalue weighted by Gasteiger charge is 2.16. The molecule has 0 aliphatic carbocycles. The lowest BCUT2D eigenvalue weighted by Gasteiger charge is -2.16. The third kappa shape index (κ3) is 2.85. The maximum atomic E-state index is 13.7. The van der Waals surface area contributed by atoms with Crippen molar-refractivity contribution < 1.29 is 13.6 Å². The molecule has 0 unspecified atom stereocenters. The third-order valence-corrected chi connectivity index (χ3v) is 4.46. The second-order valence-electron chi connectivity index (χ2n) is 5.05.